The Morgan fingerprint density at radius 1 is 1.21 bits per heavy atom. The number of anilines is 1. The first-order valence-electron chi connectivity index (χ1n) is 9.50. The number of carboxylic acid groups (broad SMARTS) is 1. The quantitative estimate of drug-likeness (QED) is 0.267. The molecular formula is C20H16F5N5O3S. The van der Waals surface area contributed by atoms with Crippen molar-refractivity contribution in [2.24, 2.45) is 5.10 Å². The van der Waals surface area contributed by atoms with Gasteiger partial charge in [0, 0.05) is 34.3 Å². The lowest BCUT2D eigenvalue weighted by molar-refractivity contribution is -0.192. The highest BCUT2D eigenvalue weighted by Crippen LogP contribution is 2.23. The normalized spacial score (nSPS) is 13.3. The Bertz CT molecular complexity index is 1170. The van der Waals surface area contributed by atoms with Crippen LogP contribution in [0, 0.1) is 11.6 Å². The molecule has 1 aromatic carbocycles. The van der Waals surface area contributed by atoms with E-state index < -0.39 is 35.4 Å². The second-order valence-corrected chi connectivity index (χ2v) is 7.86. The third kappa shape index (κ3) is 6.84. The molecular weight excluding hydrogens is 485 g/mol. The number of benzene rings is 1. The SMILES string of the molecule is O=C(NC1CC1)c1cc(F)c(N/N=C/c2cc(-n3ccnc3)cs2)c(F)c1.O=C(O)C(F)(F)F. The summed E-state index contributed by atoms with van der Waals surface area (Å²) in [6.45, 7) is 0. The molecule has 0 spiro atoms. The molecule has 0 saturated heterocycles. The maximum absolute atomic E-state index is 14.2. The molecule has 0 bridgehead atoms. The van der Waals surface area contributed by atoms with Gasteiger partial charge in [0.2, 0.25) is 0 Å². The van der Waals surface area contributed by atoms with Crippen LogP contribution in [0.2, 0.25) is 0 Å². The summed E-state index contributed by atoms with van der Waals surface area (Å²) < 4.78 is 61.9. The van der Waals surface area contributed by atoms with Gasteiger partial charge in [-0.1, -0.05) is 0 Å². The number of carbonyl (C=O) groups is 2. The summed E-state index contributed by atoms with van der Waals surface area (Å²) in [6.07, 6.45) is 3.34. The zero-order chi connectivity index (χ0) is 24.9. The first-order chi connectivity index (χ1) is 16.0. The van der Waals surface area contributed by atoms with Crippen molar-refractivity contribution in [2.75, 3.05) is 5.43 Å². The van der Waals surface area contributed by atoms with E-state index in [1.807, 2.05) is 22.2 Å². The molecule has 2 aromatic heterocycles. The van der Waals surface area contributed by atoms with Gasteiger partial charge in [0.15, 0.2) is 11.6 Å². The lowest BCUT2D eigenvalue weighted by Gasteiger charge is -2.08. The largest absolute Gasteiger partial charge is 0.490 e. The monoisotopic (exact) mass is 501 g/mol. The van der Waals surface area contributed by atoms with Crippen molar-refractivity contribution in [3.63, 3.8) is 0 Å². The van der Waals surface area contributed by atoms with Crippen molar-refractivity contribution < 1.29 is 36.6 Å². The van der Waals surface area contributed by atoms with Crippen LogP contribution in [-0.4, -0.2) is 45.0 Å². The first-order valence-corrected chi connectivity index (χ1v) is 10.4. The molecule has 4 rings (SSSR count). The third-order valence-electron chi connectivity index (χ3n) is 4.24. The van der Waals surface area contributed by atoms with Crippen LogP contribution in [0.1, 0.15) is 28.1 Å². The predicted octanol–water partition coefficient (Wildman–Crippen LogP) is 4.18. The third-order valence-corrected chi connectivity index (χ3v) is 5.09. The van der Waals surface area contributed by atoms with E-state index in [2.05, 4.69) is 20.8 Å². The molecule has 1 fully saturated rings. The van der Waals surface area contributed by atoms with E-state index in [4.69, 9.17) is 9.90 Å². The van der Waals surface area contributed by atoms with E-state index in [1.54, 1.807) is 12.5 Å². The molecule has 1 saturated carbocycles. The number of carbonyl (C=O) groups excluding carboxylic acids is 1. The van der Waals surface area contributed by atoms with Crippen LogP contribution >= 0.6 is 11.3 Å². The highest BCUT2D eigenvalue weighted by Gasteiger charge is 2.38. The van der Waals surface area contributed by atoms with Gasteiger partial charge in [-0.25, -0.2) is 18.6 Å². The number of carboxylic acids is 1. The van der Waals surface area contributed by atoms with Crippen LogP contribution in [0.25, 0.3) is 5.69 Å². The number of halogens is 5. The van der Waals surface area contributed by atoms with Gasteiger partial charge < -0.3 is 15.0 Å². The van der Waals surface area contributed by atoms with Crippen molar-refractivity contribution in [1.29, 1.82) is 0 Å². The minimum absolute atomic E-state index is 0.0466. The second-order valence-electron chi connectivity index (χ2n) is 6.91. The summed E-state index contributed by atoms with van der Waals surface area (Å²) in [5, 5.41) is 15.6. The molecule has 180 valence electrons. The van der Waals surface area contributed by atoms with Gasteiger partial charge in [0.1, 0.15) is 5.69 Å². The highest BCUT2D eigenvalue weighted by atomic mass is 32.1. The van der Waals surface area contributed by atoms with Crippen LogP contribution in [0.4, 0.5) is 27.6 Å². The molecule has 1 amide bonds. The molecule has 1 aliphatic rings. The van der Waals surface area contributed by atoms with Crippen molar-refractivity contribution in [3.05, 3.63) is 64.4 Å². The lowest BCUT2D eigenvalue weighted by atomic mass is 10.1. The number of aromatic nitrogens is 2. The van der Waals surface area contributed by atoms with E-state index in [-0.39, 0.29) is 11.6 Å². The lowest BCUT2D eigenvalue weighted by Crippen LogP contribution is -2.25. The fourth-order valence-corrected chi connectivity index (χ4v) is 3.17. The summed E-state index contributed by atoms with van der Waals surface area (Å²) in [7, 11) is 0. The number of alkyl halides is 3. The molecule has 34 heavy (non-hydrogen) atoms. The highest BCUT2D eigenvalue weighted by molar-refractivity contribution is 7.12. The van der Waals surface area contributed by atoms with Crippen molar-refractivity contribution in [2.45, 2.75) is 25.1 Å². The smallest absolute Gasteiger partial charge is 0.475 e. The summed E-state index contributed by atoms with van der Waals surface area (Å²) in [5.41, 5.74) is 2.84. The molecule has 14 heteroatoms. The fourth-order valence-electron chi connectivity index (χ4n) is 2.43. The van der Waals surface area contributed by atoms with Gasteiger partial charge in [-0.3, -0.25) is 10.2 Å². The zero-order valence-electron chi connectivity index (χ0n) is 17.0. The summed E-state index contributed by atoms with van der Waals surface area (Å²) in [4.78, 5) is 25.6. The van der Waals surface area contributed by atoms with E-state index in [0.717, 1.165) is 35.5 Å². The van der Waals surface area contributed by atoms with Crippen molar-refractivity contribution in [3.8, 4) is 5.69 Å². The van der Waals surface area contributed by atoms with E-state index in [1.165, 1.54) is 17.6 Å². The standard InChI is InChI=1S/C18H15F2N5OS.C2HF3O2/c19-15-5-11(18(26)23-12-1-2-12)6-16(20)17(15)24-22-8-14-7-13(9-27-14)25-4-3-21-10-25;3-2(4,5)1(6)7/h3-10,12,24H,1-2H2,(H,23,26);(H,6,7)/b22-8+;. The molecule has 0 atom stereocenters. The Kier molecular flexibility index (Phi) is 7.61. The van der Waals surface area contributed by atoms with Crippen molar-refractivity contribution in [1.82, 2.24) is 14.9 Å². The van der Waals surface area contributed by atoms with Crippen LogP contribution in [0.3, 0.4) is 0 Å². The van der Waals surface area contributed by atoms with E-state index >= 15 is 0 Å². The van der Waals surface area contributed by atoms with Crippen molar-refractivity contribution >= 4 is 35.1 Å². The summed E-state index contributed by atoms with van der Waals surface area (Å²) in [5.74, 6) is -4.99. The van der Waals surface area contributed by atoms with Gasteiger partial charge in [0.05, 0.1) is 18.2 Å². The Morgan fingerprint density at radius 3 is 2.38 bits per heavy atom. The fraction of sp³-hybridized carbons (Fsp3) is 0.200. The van der Waals surface area contributed by atoms with Gasteiger partial charge in [0.25, 0.3) is 5.91 Å². The van der Waals surface area contributed by atoms with E-state index in [0.29, 0.717) is 0 Å². The number of aliphatic carboxylic acids is 1. The molecule has 0 unspecified atom stereocenters. The number of hydrogen-bond acceptors (Lipinski definition) is 6. The number of nitrogens with zero attached hydrogens (tertiary/aromatic N) is 3. The molecule has 3 N–H and O–H groups in total. The van der Waals surface area contributed by atoms with Crippen LogP contribution in [0.15, 0.2) is 47.4 Å². The average molecular weight is 501 g/mol. The van der Waals surface area contributed by atoms with Gasteiger partial charge >= 0.3 is 12.1 Å². The van der Waals surface area contributed by atoms with E-state index in [9.17, 15) is 26.7 Å². The minimum Gasteiger partial charge on any atom is -0.475 e. The number of thiophene rings is 1. The Morgan fingerprint density at radius 2 is 1.85 bits per heavy atom. The van der Waals surface area contributed by atoms with Crippen LogP contribution < -0.4 is 10.7 Å². The number of rotatable bonds is 6. The number of hydrazone groups is 1. The maximum Gasteiger partial charge on any atom is 0.490 e. The molecule has 0 radical (unpaired) electrons. The molecule has 3 aromatic rings. The Hall–Kier alpha value is -3.81. The van der Waals surface area contributed by atoms with Crippen LogP contribution in [0.5, 0.6) is 0 Å². The molecule has 8 nitrogen and oxygen atoms in total. The summed E-state index contributed by atoms with van der Waals surface area (Å²) >= 11 is 1.43. The first kappa shape index (κ1) is 24.8. The Labute approximate surface area is 192 Å². The predicted molar refractivity (Wildman–Crippen MR) is 113 cm³/mol. The Balaban J connectivity index is 0.000000406. The average Bonchev–Trinajstić information content (AvgIpc) is 3.22. The van der Waals surface area contributed by atoms with Gasteiger partial charge in [-0.15, -0.1) is 11.3 Å². The molecule has 2 heterocycles. The van der Waals surface area contributed by atoms with Crippen LogP contribution in [-0.2, 0) is 4.79 Å². The number of amides is 1. The number of imidazole rings is 1. The van der Waals surface area contributed by atoms with Gasteiger partial charge in [-0.05, 0) is 31.0 Å². The molecule has 0 aliphatic heterocycles. The second kappa shape index (κ2) is 10.4. The number of hydrogen-bond donors (Lipinski definition) is 3. The number of nitrogens with one attached hydrogen (secondary N) is 2. The summed E-state index contributed by atoms with van der Waals surface area (Å²) in [6, 6.07) is 3.99. The minimum atomic E-state index is -5.08. The molecule has 1 aliphatic carbocycles. The maximum atomic E-state index is 14.2. The van der Waals surface area contributed by atoms with Gasteiger partial charge in [-0.2, -0.15) is 18.3 Å². The topological polar surface area (TPSA) is 109 Å². The zero-order valence-corrected chi connectivity index (χ0v) is 17.8.